The highest BCUT2D eigenvalue weighted by molar-refractivity contribution is 5.99. The number of anilines is 2. The van der Waals surface area contributed by atoms with E-state index < -0.39 is 5.97 Å². The SMILES string of the molecule is Nc1ccccc1N(CC(=O)O)C(=O)CC1CCC1. The predicted octanol–water partition coefficient (Wildman–Crippen LogP) is 1.88. The highest BCUT2D eigenvalue weighted by Gasteiger charge is 2.26. The van der Waals surface area contributed by atoms with Crippen LogP contribution in [0.2, 0.25) is 0 Å². The number of hydrogen-bond donors (Lipinski definition) is 2. The van der Waals surface area contributed by atoms with E-state index in [4.69, 9.17) is 10.8 Å². The lowest BCUT2D eigenvalue weighted by Gasteiger charge is -2.28. The minimum Gasteiger partial charge on any atom is -0.480 e. The summed E-state index contributed by atoms with van der Waals surface area (Å²) in [5, 5.41) is 8.96. The van der Waals surface area contributed by atoms with Crippen LogP contribution < -0.4 is 10.6 Å². The van der Waals surface area contributed by atoms with Gasteiger partial charge in [-0.05, 0) is 30.9 Å². The Morgan fingerprint density at radius 3 is 2.53 bits per heavy atom. The van der Waals surface area contributed by atoms with E-state index in [1.54, 1.807) is 24.3 Å². The van der Waals surface area contributed by atoms with E-state index in [1.807, 2.05) is 0 Å². The second-order valence-corrected chi connectivity index (χ2v) is 4.93. The van der Waals surface area contributed by atoms with Crippen LogP contribution in [0.5, 0.6) is 0 Å². The molecule has 19 heavy (non-hydrogen) atoms. The normalized spacial score (nSPS) is 14.7. The number of carboxylic acids is 1. The van der Waals surface area contributed by atoms with Gasteiger partial charge in [0.2, 0.25) is 5.91 Å². The molecule has 3 N–H and O–H groups in total. The van der Waals surface area contributed by atoms with Gasteiger partial charge in [-0.25, -0.2) is 0 Å². The Kier molecular flexibility index (Phi) is 4.04. The maximum Gasteiger partial charge on any atom is 0.323 e. The van der Waals surface area contributed by atoms with E-state index in [9.17, 15) is 9.59 Å². The molecule has 0 aliphatic heterocycles. The number of amides is 1. The van der Waals surface area contributed by atoms with E-state index >= 15 is 0 Å². The Labute approximate surface area is 112 Å². The second-order valence-electron chi connectivity index (χ2n) is 4.93. The molecule has 1 saturated carbocycles. The molecule has 0 bridgehead atoms. The molecule has 0 radical (unpaired) electrons. The van der Waals surface area contributed by atoms with Crippen LogP contribution in [0.1, 0.15) is 25.7 Å². The number of benzene rings is 1. The van der Waals surface area contributed by atoms with Crippen LogP contribution in [0.4, 0.5) is 11.4 Å². The third kappa shape index (κ3) is 3.24. The molecule has 0 aromatic heterocycles. The number of carbonyl (C=O) groups excluding carboxylic acids is 1. The van der Waals surface area contributed by atoms with Crippen LogP contribution in [-0.4, -0.2) is 23.5 Å². The molecule has 1 amide bonds. The molecule has 1 aromatic carbocycles. The Morgan fingerprint density at radius 1 is 1.32 bits per heavy atom. The lowest BCUT2D eigenvalue weighted by Crippen LogP contribution is -2.37. The van der Waals surface area contributed by atoms with Crippen molar-refractivity contribution in [2.75, 3.05) is 17.2 Å². The van der Waals surface area contributed by atoms with Gasteiger partial charge in [-0.2, -0.15) is 0 Å². The molecule has 0 atom stereocenters. The largest absolute Gasteiger partial charge is 0.480 e. The number of nitrogens with two attached hydrogens (primary N) is 1. The molecular weight excluding hydrogens is 244 g/mol. The summed E-state index contributed by atoms with van der Waals surface area (Å²) in [4.78, 5) is 24.4. The maximum atomic E-state index is 12.2. The zero-order valence-corrected chi connectivity index (χ0v) is 10.7. The van der Waals surface area contributed by atoms with Crippen molar-refractivity contribution in [3.05, 3.63) is 24.3 Å². The molecule has 102 valence electrons. The van der Waals surface area contributed by atoms with Gasteiger partial charge in [0.05, 0.1) is 11.4 Å². The van der Waals surface area contributed by atoms with Gasteiger partial charge in [0.1, 0.15) is 6.54 Å². The smallest absolute Gasteiger partial charge is 0.323 e. The summed E-state index contributed by atoms with van der Waals surface area (Å²) in [6.45, 7) is -0.347. The molecule has 5 heteroatoms. The van der Waals surface area contributed by atoms with Crippen molar-refractivity contribution in [2.24, 2.45) is 5.92 Å². The molecule has 0 spiro atoms. The van der Waals surface area contributed by atoms with Gasteiger partial charge >= 0.3 is 5.97 Å². The summed E-state index contributed by atoms with van der Waals surface area (Å²) in [5.74, 6) is -0.802. The molecule has 0 heterocycles. The van der Waals surface area contributed by atoms with Gasteiger partial charge in [0.15, 0.2) is 0 Å². The van der Waals surface area contributed by atoms with Crippen LogP contribution in [-0.2, 0) is 9.59 Å². The minimum absolute atomic E-state index is 0.162. The van der Waals surface area contributed by atoms with Crippen molar-refractivity contribution in [2.45, 2.75) is 25.7 Å². The number of rotatable bonds is 5. The van der Waals surface area contributed by atoms with Crippen LogP contribution in [0.3, 0.4) is 0 Å². The summed E-state index contributed by atoms with van der Waals surface area (Å²) in [5.41, 5.74) is 6.73. The van der Waals surface area contributed by atoms with Gasteiger partial charge in [-0.15, -0.1) is 0 Å². The highest BCUT2D eigenvalue weighted by atomic mass is 16.4. The number of aliphatic carboxylic acids is 1. The van der Waals surface area contributed by atoms with Crippen LogP contribution >= 0.6 is 0 Å². The third-order valence-electron chi connectivity index (χ3n) is 3.51. The van der Waals surface area contributed by atoms with E-state index in [0.717, 1.165) is 19.3 Å². The Hall–Kier alpha value is -2.04. The molecule has 1 aromatic rings. The fourth-order valence-electron chi connectivity index (χ4n) is 2.23. The summed E-state index contributed by atoms with van der Waals surface area (Å²) in [6.07, 6.45) is 3.67. The van der Waals surface area contributed by atoms with E-state index in [2.05, 4.69) is 0 Å². The van der Waals surface area contributed by atoms with Gasteiger partial charge in [-0.3, -0.25) is 14.5 Å². The first-order valence-corrected chi connectivity index (χ1v) is 6.44. The molecule has 1 aliphatic carbocycles. The van der Waals surface area contributed by atoms with Crippen molar-refractivity contribution in [3.8, 4) is 0 Å². The van der Waals surface area contributed by atoms with Gasteiger partial charge < -0.3 is 10.8 Å². The van der Waals surface area contributed by atoms with Gasteiger partial charge in [0, 0.05) is 6.42 Å². The monoisotopic (exact) mass is 262 g/mol. The highest BCUT2D eigenvalue weighted by Crippen LogP contribution is 2.31. The fourth-order valence-corrected chi connectivity index (χ4v) is 2.23. The zero-order chi connectivity index (χ0) is 13.8. The van der Waals surface area contributed by atoms with Crippen molar-refractivity contribution in [3.63, 3.8) is 0 Å². The Bertz CT molecular complexity index is 483. The average Bonchev–Trinajstić information content (AvgIpc) is 2.31. The van der Waals surface area contributed by atoms with Gasteiger partial charge in [0.25, 0.3) is 0 Å². The average molecular weight is 262 g/mol. The number of para-hydroxylation sites is 2. The van der Waals surface area contributed by atoms with E-state index in [0.29, 0.717) is 23.7 Å². The van der Waals surface area contributed by atoms with E-state index in [-0.39, 0.29) is 12.5 Å². The van der Waals surface area contributed by atoms with Gasteiger partial charge in [-0.1, -0.05) is 18.6 Å². The number of carboxylic acid groups (broad SMARTS) is 1. The van der Waals surface area contributed by atoms with Crippen molar-refractivity contribution < 1.29 is 14.7 Å². The van der Waals surface area contributed by atoms with Crippen LogP contribution in [0, 0.1) is 5.92 Å². The zero-order valence-electron chi connectivity index (χ0n) is 10.7. The maximum absolute atomic E-state index is 12.2. The Balaban J connectivity index is 2.17. The lowest BCUT2D eigenvalue weighted by atomic mass is 9.82. The standard InChI is InChI=1S/C14H18N2O3/c15-11-6-1-2-7-12(11)16(9-14(18)19)13(17)8-10-4-3-5-10/h1-2,6-7,10H,3-5,8-9,15H2,(H,18,19). The fraction of sp³-hybridized carbons (Fsp3) is 0.429. The van der Waals surface area contributed by atoms with Crippen LogP contribution in [0.25, 0.3) is 0 Å². The van der Waals surface area contributed by atoms with E-state index in [1.165, 1.54) is 4.90 Å². The number of carbonyl (C=O) groups is 2. The first kappa shape index (κ1) is 13.4. The van der Waals surface area contributed by atoms with Crippen molar-refractivity contribution in [1.29, 1.82) is 0 Å². The minimum atomic E-state index is -1.04. The number of nitrogen functional groups attached to an aromatic ring is 1. The topological polar surface area (TPSA) is 83.6 Å². The third-order valence-corrected chi connectivity index (χ3v) is 3.51. The van der Waals surface area contributed by atoms with Crippen LogP contribution in [0.15, 0.2) is 24.3 Å². The quantitative estimate of drug-likeness (QED) is 0.793. The number of hydrogen-bond acceptors (Lipinski definition) is 3. The summed E-state index contributed by atoms with van der Waals surface area (Å²) < 4.78 is 0. The first-order valence-electron chi connectivity index (χ1n) is 6.44. The molecule has 0 saturated heterocycles. The predicted molar refractivity (Wildman–Crippen MR) is 72.8 cm³/mol. The molecule has 0 unspecified atom stereocenters. The lowest BCUT2D eigenvalue weighted by molar-refractivity contribution is -0.136. The first-order chi connectivity index (χ1) is 9.08. The summed E-state index contributed by atoms with van der Waals surface area (Å²) in [6, 6.07) is 6.85. The van der Waals surface area contributed by atoms with Crippen molar-refractivity contribution in [1.82, 2.24) is 0 Å². The molecule has 1 aliphatic rings. The molecular formula is C14H18N2O3. The second kappa shape index (κ2) is 5.73. The van der Waals surface area contributed by atoms with Crippen molar-refractivity contribution >= 4 is 23.3 Å². The summed E-state index contributed by atoms with van der Waals surface area (Å²) in [7, 11) is 0. The molecule has 2 rings (SSSR count). The molecule has 5 nitrogen and oxygen atoms in total. The molecule has 1 fully saturated rings. The number of nitrogens with zero attached hydrogens (tertiary/aromatic N) is 1. The summed E-state index contributed by atoms with van der Waals surface area (Å²) >= 11 is 0. The Morgan fingerprint density at radius 2 is 2.00 bits per heavy atom.